The maximum absolute atomic E-state index is 8.88. The third-order valence-electron chi connectivity index (χ3n) is 0. The van der Waals surface area contributed by atoms with Gasteiger partial charge in [0, 0.05) is 0 Å². The Morgan fingerprint density at radius 3 is 1.29 bits per heavy atom. The van der Waals surface area contributed by atoms with Gasteiger partial charge < -0.3 is 17.5 Å². The maximum atomic E-state index is 8.88. The van der Waals surface area contributed by atoms with E-state index in [1.165, 1.54) is 0 Å². The first-order valence-electron chi connectivity index (χ1n) is 0.783. The minimum atomic E-state index is -4.64. The quantitative estimate of drug-likeness (QED) is 0.302. The molecule has 7 heteroatoms. The van der Waals surface area contributed by atoms with Crippen LogP contribution in [0.15, 0.2) is 0 Å². The minimum Gasteiger partial charge on any atom is -1.00 e. The summed E-state index contributed by atoms with van der Waals surface area (Å²) < 4.78 is 8.88. The molecule has 0 saturated carbocycles. The molecule has 0 saturated heterocycles. The average molecular weight is 272 g/mol. The van der Waals surface area contributed by atoms with Crippen LogP contribution in [0.2, 0.25) is 0 Å². The molecule has 0 heterocycles. The molecular weight excluding hydrogens is 267 g/mol. The molecule has 0 bridgehead atoms. The molecule has 36 valence electrons. The molecular formula is H5CsKO4P. The van der Waals surface area contributed by atoms with E-state index in [0.29, 0.717) is 0 Å². The molecule has 7 heavy (non-hydrogen) atoms. The maximum Gasteiger partial charge on any atom is 1.00 e. The fraction of sp³-hybridized carbons (Fsp3) is 0. The predicted octanol–water partition coefficient (Wildman–Crippen LogP) is -6.70. The van der Waals surface area contributed by atoms with Crippen LogP contribution in [0, 0.1) is 0 Å². The Labute approximate surface area is 146 Å². The van der Waals surface area contributed by atoms with Crippen LogP contribution >= 0.6 is 7.82 Å². The molecule has 0 rings (SSSR count). The normalized spacial score (nSPS) is 8.43. The zero-order valence-electron chi connectivity index (χ0n) is 6.20. The van der Waals surface area contributed by atoms with Crippen molar-refractivity contribution in [2.45, 2.75) is 0 Å². The van der Waals surface area contributed by atoms with Crippen molar-refractivity contribution in [2.24, 2.45) is 0 Å². The van der Waals surface area contributed by atoms with Crippen LogP contribution in [0.25, 0.3) is 0 Å². The van der Waals surface area contributed by atoms with Crippen LogP contribution < -0.4 is 120 Å². The Morgan fingerprint density at radius 2 is 1.29 bits per heavy atom. The van der Waals surface area contributed by atoms with Crippen molar-refractivity contribution in [1.29, 1.82) is 0 Å². The van der Waals surface area contributed by atoms with E-state index in [9.17, 15) is 0 Å². The zero-order valence-corrected chi connectivity index (χ0v) is 14.5. The van der Waals surface area contributed by atoms with Gasteiger partial charge in [0.25, 0.3) is 0 Å². The number of rotatable bonds is 0. The van der Waals surface area contributed by atoms with Gasteiger partial charge >= 0.3 is 128 Å². The molecule has 0 aliphatic heterocycles. The Morgan fingerprint density at radius 1 is 1.29 bits per heavy atom. The molecule has 0 spiro atoms. The van der Waals surface area contributed by atoms with Crippen molar-refractivity contribution in [2.75, 3.05) is 0 Å². The molecule has 0 fully saturated rings. The third kappa shape index (κ3) is 41.3. The van der Waals surface area contributed by atoms with Crippen molar-refractivity contribution in [3.05, 3.63) is 0 Å². The Hall–Kier alpha value is 3.80. The second kappa shape index (κ2) is 7.90. The fourth-order valence-electron chi connectivity index (χ4n) is 0. The Bertz CT molecular complexity index is 64.7. The van der Waals surface area contributed by atoms with Crippen LogP contribution in [0.1, 0.15) is 2.85 Å². The van der Waals surface area contributed by atoms with E-state index in [1.54, 1.807) is 0 Å². The van der Waals surface area contributed by atoms with Gasteiger partial charge in [-0.3, -0.25) is 0 Å². The summed E-state index contributed by atoms with van der Waals surface area (Å²) in [6.07, 6.45) is 0. The molecule has 3 N–H and O–H groups in total. The summed E-state index contributed by atoms with van der Waals surface area (Å²) >= 11 is 0. The topological polar surface area (TPSA) is 77.8 Å². The van der Waals surface area contributed by atoms with E-state index >= 15 is 0 Å². The SMILES string of the molecule is O=P(O)(O)O.[Cs+].[H-].[H-].[K+]. The summed E-state index contributed by atoms with van der Waals surface area (Å²) in [6.45, 7) is 0. The minimum absolute atomic E-state index is 0. The van der Waals surface area contributed by atoms with E-state index in [4.69, 9.17) is 19.2 Å². The summed E-state index contributed by atoms with van der Waals surface area (Å²) in [4.78, 5) is 21.6. The van der Waals surface area contributed by atoms with E-state index in [-0.39, 0.29) is 123 Å². The van der Waals surface area contributed by atoms with E-state index in [2.05, 4.69) is 0 Å². The van der Waals surface area contributed by atoms with Crippen LogP contribution in [0.4, 0.5) is 0 Å². The smallest absolute Gasteiger partial charge is 1.00 e. The molecule has 0 radical (unpaired) electrons. The second-order valence-corrected chi connectivity index (χ2v) is 1.54. The average Bonchev–Trinajstić information content (AvgIpc) is 0.722. The van der Waals surface area contributed by atoms with E-state index < -0.39 is 7.82 Å². The summed E-state index contributed by atoms with van der Waals surface area (Å²) in [7, 11) is -4.64. The summed E-state index contributed by atoms with van der Waals surface area (Å²) in [6, 6.07) is 0. The Kier molecular flexibility index (Phi) is 19.2. The predicted molar refractivity (Wildman–Crippen MR) is 16.5 cm³/mol. The van der Waals surface area contributed by atoms with Crippen molar-refractivity contribution < 1.29 is 142 Å². The number of hydrogen-bond donors (Lipinski definition) is 3. The monoisotopic (exact) mass is 272 g/mol. The molecule has 0 aromatic heterocycles. The van der Waals surface area contributed by atoms with E-state index in [1.807, 2.05) is 0 Å². The van der Waals surface area contributed by atoms with Crippen molar-refractivity contribution in [3.8, 4) is 0 Å². The fourth-order valence-corrected chi connectivity index (χ4v) is 0. The van der Waals surface area contributed by atoms with Gasteiger partial charge in [0.1, 0.15) is 0 Å². The largest absolute Gasteiger partial charge is 1.00 e. The van der Waals surface area contributed by atoms with Gasteiger partial charge in [0.2, 0.25) is 0 Å². The van der Waals surface area contributed by atoms with Crippen molar-refractivity contribution >= 4 is 7.82 Å². The second-order valence-electron chi connectivity index (χ2n) is 0.513. The molecule has 0 aromatic rings. The van der Waals surface area contributed by atoms with Crippen molar-refractivity contribution in [1.82, 2.24) is 0 Å². The summed E-state index contributed by atoms with van der Waals surface area (Å²) in [5.74, 6) is 0. The van der Waals surface area contributed by atoms with Crippen LogP contribution in [-0.2, 0) is 4.57 Å². The molecule has 0 aliphatic rings. The first-order chi connectivity index (χ1) is 2.00. The number of phosphoric acid groups is 1. The molecule has 4 nitrogen and oxygen atoms in total. The zero-order chi connectivity index (χ0) is 4.50. The molecule has 0 atom stereocenters. The molecule has 0 amide bonds. The van der Waals surface area contributed by atoms with Crippen LogP contribution in [0.3, 0.4) is 0 Å². The number of hydrogen-bond acceptors (Lipinski definition) is 1. The van der Waals surface area contributed by atoms with Gasteiger partial charge in [-0.25, -0.2) is 4.57 Å². The van der Waals surface area contributed by atoms with Crippen LogP contribution in [-0.4, -0.2) is 14.7 Å². The van der Waals surface area contributed by atoms with Gasteiger partial charge in [-0.1, -0.05) is 0 Å². The summed E-state index contributed by atoms with van der Waals surface area (Å²) in [5.41, 5.74) is 0. The van der Waals surface area contributed by atoms with Gasteiger partial charge in [-0.15, -0.1) is 0 Å². The third-order valence-corrected chi connectivity index (χ3v) is 0. The van der Waals surface area contributed by atoms with Gasteiger partial charge in [0.05, 0.1) is 0 Å². The van der Waals surface area contributed by atoms with Crippen LogP contribution in [0.5, 0.6) is 0 Å². The van der Waals surface area contributed by atoms with Gasteiger partial charge in [-0.2, -0.15) is 0 Å². The first kappa shape index (κ1) is 17.0. The molecule has 0 aromatic carbocycles. The molecule has 0 aliphatic carbocycles. The molecule has 0 unspecified atom stereocenters. The van der Waals surface area contributed by atoms with Gasteiger partial charge in [-0.05, 0) is 0 Å². The van der Waals surface area contributed by atoms with Gasteiger partial charge in [0.15, 0.2) is 0 Å². The first-order valence-corrected chi connectivity index (χ1v) is 2.35. The van der Waals surface area contributed by atoms with E-state index in [0.717, 1.165) is 0 Å². The summed E-state index contributed by atoms with van der Waals surface area (Å²) in [5, 5.41) is 0. The standard InChI is InChI=1S/Cs.K.H3O4P.2H/c;;1-5(2,3)4;;/h;;(H3,1,2,3,4);;/q2*+1;;2*-1. The van der Waals surface area contributed by atoms with Crippen molar-refractivity contribution in [3.63, 3.8) is 0 Å². The Balaban J connectivity index is -0.0000000133.